The van der Waals surface area contributed by atoms with Gasteiger partial charge in [-0.2, -0.15) is 0 Å². The monoisotopic (exact) mass is 425 g/mol. The number of carbonyl (C=O) groups excluding carboxylic acids is 2. The lowest BCUT2D eigenvalue weighted by atomic mass is 9.89. The number of rotatable bonds is 4. The van der Waals surface area contributed by atoms with Gasteiger partial charge in [0, 0.05) is 25.1 Å². The third-order valence-electron chi connectivity index (χ3n) is 6.80. The van der Waals surface area contributed by atoms with Gasteiger partial charge in [0.25, 0.3) is 0 Å². The normalized spacial score (nSPS) is 28.2. The molecule has 2 aliphatic carbocycles. The molecule has 5 nitrogen and oxygen atoms in total. The van der Waals surface area contributed by atoms with E-state index >= 15 is 0 Å². The SMILES string of the molecule is CN1C[C@@]2(CC[C@@H](C(=O)N[C@H](c3c(F)ccc(Cl)c3F)C3CCCC3)C2)NC1=O. The number of hydrogen-bond donors (Lipinski definition) is 2. The van der Waals surface area contributed by atoms with E-state index in [0.717, 1.165) is 38.2 Å². The molecule has 3 atom stereocenters. The lowest BCUT2D eigenvalue weighted by Gasteiger charge is -2.28. The van der Waals surface area contributed by atoms with Gasteiger partial charge in [-0.25, -0.2) is 13.6 Å². The van der Waals surface area contributed by atoms with Gasteiger partial charge in [-0.3, -0.25) is 4.79 Å². The molecule has 3 amide bonds. The number of nitrogens with zero attached hydrogens (tertiary/aromatic N) is 1. The second kappa shape index (κ2) is 7.74. The number of halogens is 3. The summed E-state index contributed by atoms with van der Waals surface area (Å²) in [7, 11) is 1.73. The highest BCUT2D eigenvalue weighted by Crippen LogP contribution is 2.41. The minimum absolute atomic E-state index is 0.0194. The molecule has 0 radical (unpaired) electrons. The van der Waals surface area contributed by atoms with Crippen LogP contribution in [0.15, 0.2) is 12.1 Å². The molecule has 1 aromatic carbocycles. The Morgan fingerprint density at radius 1 is 1.31 bits per heavy atom. The molecule has 2 saturated carbocycles. The van der Waals surface area contributed by atoms with Crippen molar-refractivity contribution >= 4 is 23.5 Å². The molecular weight excluding hydrogens is 400 g/mol. The van der Waals surface area contributed by atoms with Crippen LogP contribution in [0.25, 0.3) is 0 Å². The topological polar surface area (TPSA) is 61.4 Å². The van der Waals surface area contributed by atoms with Gasteiger partial charge >= 0.3 is 6.03 Å². The van der Waals surface area contributed by atoms with Gasteiger partial charge in [0.2, 0.25) is 5.91 Å². The van der Waals surface area contributed by atoms with E-state index in [0.29, 0.717) is 19.4 Å². The highest BCUT2D eigenvalue weighted by atomic mass is 35.5. The number of amides is 3. The van der Waals surface area contributed by atoms with Crippen molar-refractivity contribution in [2.24, 2.45) is 11.8 Å². The summed E-state index contributed by atoms with van der Waals surface area (Å²) < 4.78 is 29.3. The van der Waals surface area contributed by atoms with Crippen molar-refractivity contribution in [1.82, 2.24) is 15.5 Å². The lowest BCUT2D eigenvalue weighted by molar-refractivity contribution is -0.126. The van der Waals surface area contributed by atoms with Crippen LogP contribution in [0.4, 0.5) is 13.6 Å². The van der Waals surface area contributed by atoms with Gasteiger partial charge in [-0.05, 0) is 50.2 Å². The highest BCUT2D eigenvalue weighted by molar-refractivity contribution is 6.30. The average molecular weight is 426 g/mol. The van der Waals surface area contributed by atoms with Crippen molar-refractivity contribution in [2.75, 3.05) is 13.6 Å². The van der Waals surface area contributed by atoms with Crippen molar-refractivity contribution in [3.63, 3.8) is 0 Å². The summed E-state index contributed by atoms with van der Waals surface area (Å²) in [6, 6.07) is 1.49. The maximum atomic E-state index is 14.7. The number of carbonyl (C=O) groups is 2. The maximum Gasteiger partial charge on any atom is 0.317 e. The smallest absolute Gasteiger partial charge is 0.317 e. The summed E-state index contributed by atoms with van der Waals surface area (Å²) in [5.41, 5.74) is -0.525. The fraction of sp³-hybridized carbons (Fsp3) is 0.619. The molecule has 1 aromatic rings. The predicted molar refractivity (Wildman–Crippen MR) is 105 cm³/mol. The molecule has 4 rings (SSSR count). The minimum atomic E-state index is -0.795. The molecule has 0 unspecified atom stereocenters. The van der Waals surface area contributed by atoms with Gasteiger partial charge in [0.1, 0.15) is 11.6 Å². The fourth-order valence-corrected chi connectivity index (χ4v) is 5.48. The molecule has 1 saturated heterocycles. The Morgan fingerprint density at radius 2 is 2.03 bits per heavy atom. The van der Waals surface area contributed by atoms with Crippen LogP contribution in [-0.2, 0) is 4.79 Å². The van der Waals surface area contributed by atoms with Crippen LogP contribution in [0, 0.1) is 23.5 Å². The zero-order chi connectivity index (χ0) is 20.8. The Kier molecular flexibility index (Phi) is 5.44. The molecular formula is C21H26ClF2N3O2. The molecule has 1 spiro atoms. The summed E-state index contributed by atoms with van der Waals surface area (Å²) >= 11 is 5.91. The molecule has 0 aromatic heterocycles. The number of benzene rings is 1. The van der Waals surface area contributed by atoms with E-state index in [1.807, 2.05) is 0 Å². The number of likely N-dealkylation sites (N-methyl/N-ethyl adjacent to an activating group) is 1. The summed E-state index contributed by atoms with van der Waals surface area (Å²) in [6.07, 6.45) is 5.47. The molecule has 3 aliphatic rings. The third-order valence-corrected chi connectivity index (χ3v) is 7.09. The number of urea groups is 1. The van der Waals surface area contributed by atoms with Gasteiger partial charge in [0.05, 0.1) is 16.6 Å². The van der Waals surface area contributed by atoms with E-state index in [2.05, 4.69) is 10.6 Å². The molecule has 8 heteroatoms. The molecule has 29 heavy (non-hydrogen) atoms. The Balaban J connectivity index is 1.54. The van der Waals surface area contributed by atoms with Crippen LogP contribution in [0.2, 0.25) is 5.02 Å². The van der Waals surface area contributed by atoms with Gasteiger partial charge in [-0.15, -0.1) is 0 Å². The largest absolute Gasteiger partial charge is 0.349 e. The van der Waals surface area contributed by atoms with Crippen LogP contribution >= 0.6 is 11.6 Å². The molecule has 2 N–H and O–H groups in total. The number of hydrogen-bond acceptors (Lipinski definition) is 2. The van der Waals surface area contributed by atoms with E-state index in [-0.39, 0.29) is 39.9 Å². The fourth-order valence-electron chi connectivity index (χ4n) is 5.31. The minimum Gasteiger partial charge on any atom is -0.349 e. The first-order valence-corrected chi connectivity index (χ1v) is 10.6. The Hall–Kier alpha value is -1.89. The summed E-state index contributed by atoms with van der Waals surface area (Å²) in [4.78, 5) is 26.6. The van der Waals surface area contributed by atoms with Gasteiger partial charge < -0.3 is 15.5 Å². The van der Waals surface area contributed by atoms with E-state index in [9.17, 15) is 18.4 Å². The second-order valence-corrected chi connectivity index (χ2v) is 9.20. The first-order chi connectivity index (χ1) is 13.8. The van der Waals surface area contributed by atoms with Crippen molar-refractivity contribution in [2.45, 2.75) is 56.5 Å². The lowest BCUT2D eigenvalue weighted by Crippen LogP contribution is -2.42. The van der Waals surface area contributed by atoms with Crippen LogP contribution in [0.3, 0.4) is 0 Å². The van der Waals surface area contributed by atoms with Crippen molar-refractivity contribution < 1.29 is 18.4 Å². The summed E-state index contributed by atoms with van der Waals surface area (Å²) in [5, 5.41) is 5.81. The first kappa shape index (κ1) is 20.4. The molecule has 0 bridgehead atoms. The molecule has 1 heterocycles. The van der Waals surface area contributed by atoms with Crippen molar-refractivity contribution in [1.29, 1.82) is 0 Å². The van der Waals surface area contributed by atoms with Crippen LogP contribution in [0.1, 0.15) is 56.6 Å². The van der Waals surface area contributed by atoms with E-state index in [1.54, 1.807) is 11.9 Å². The highest BCUT2D eigenvalue weighted by Gasteiger charge is 2.48. The van der Waals surface area contributed by atoms with Crippen molar-refractivity contribution in [3.05, 3.63) is 34.4 Å². The standard InChI is InChI=1S/C21H26ClF2N3O2/c1-27-11-21(26-20(27)29)9-8-13(10-21)19(28)25-18(12-4-2-3-5-12)16-15(23)7-6-14(22)17(16)24/h6-7,12-13,18H,2-5,8-11H2,1H3,(H,25,28)(H,26,29)/t13-,18+,21+/m1/s1. The van der Waals surface area contributed by atoms with Crippen LogP contribution in [0.5, 0.6) is 0 Å². The van der Waals surface area contributed by atoms with E-state index in [4.69, 9.17) is 11.6 Å². The molecule has 3 fully saturated rings. The zero-order valence-corrected chi connectivity index (χ0v) is 17.2. The Labute approximate surface area is 174 Å². The van der Waals surface area contributed by atoms with E-state index < -0.39 is 17.7 Å². The Bertz CT molecular complexity index is 830. The second-order valence-electron chi connectivity index (χ2n) is 8.79. The first-order valence-electron chi connectivity index (χ1n) is 10.3. The summed E-state index contributed by atoms with van der Waals surface area (Å²) in [6.45, 7) is 0.569. The quantitative estimate of drug-likeness (QED) is 0.711. The molecule has 1 aliphatic heterocycles. The molecule has 158 valence electrons. The van der Waals surface area contributed by atoms with Crippen molar-refractivity contribution in [3.8, 4) is 0 Å². The van der Waals surface area contributed by atoms with Crippen LogP contribution < -0.4 is 10.6 Å². The maximum absolute atomic E-state index is 14.7. The van der Waals surface area contributed by atoms with Gasteiger partial charge in [0.15, 0.2) is 0 Å². The van der Waals surface area contributed by atoms with E-state index in [1.165, 1.54) is 6.07 Å². The third kappa shape index (κ3) is 3.81. The number of nitrogens with one attached hydrogen (secondary N) is 2. The average Bonchev–Trinajstić information content (AvgIpc) is 3.40. The zero-order valence-electron chi connectivity index (χ0n) is 16.4. The predicted octanol–water partition coefficient (Wildman–Crippen LogP) is 4.16. The van der Waals surface area contributed by atoms with Crippen LogP contribution in [-0.4, -0.2) is 36.0 Å². The Morgan fingerprint density at radius 3 is 2.69 bits per heavy atom. The van der Waals surface area contributed by atoms with Gasteiger partial charge in [-0.1, -0.05) is 24.4 Å². The summed E-state index contributed by atoms with van der Waals surface area (Å²) in [5.74, 6) is -2.00.